The van der Waals surface area contributed by atoms with E-state index in [1.165, 1.54) is 18.2 Å². The van der Waals surface area contributed by atoms with Crippen LogP contribution in [0.5, 0.6) is 5.75 Å². The van der Waals surface area contributed by atoms with Crippen LogP contribution in [-0.2, 0) is 0 Å². The van der Waals surface area contributed by atoms with Gasteiger partial charge in [-0.3, -0.25) is 5.43 Å². The van der Waals surface area contributed by atoms with Gasteiger partial charge in [0.15, 0.2) is 5.75 Å². The molecule has 8 heteroatoms. The number of carbonyl (C=O) groups is 1. The standard InChI is InChI=1S/C8H8F3N3O2/c9-8(10,11)16-6-4-2-1-3-5(6)13-7(15)14-12/h1-4H,12H2,(H2,13,14,15). The Morgan fingerprint density at radius 1 is 1.31 bits per heavy atom. The van der Waals surface area contributed by atoms with Gasteiger partial charge in [0.05, 0.1) is 5.69 Å². The molecular weight excluding hydrogens is 227 g/mol. The number of amides is 2. The van der Waals surface area contributed by atoms with Gasteiger partial charge in [0, 0.05) is 0 Å². The summed E-state index contributed by atoms with van der Waals surface area (Å²) in [6.07, 6.45) is -4.82. The number of hydrogen-bond donors (Lipinski definition) is 3. The number of halogens is 3. The summed E-state index contributed by atoms with van der Waals surface area (Å²) in [5.74, 6) is 4.26. The summed E-state index contributed by atoms with van der Waals surface area (Å²) in [5.41, 5.74) is 1.58. The van der Waals surface area contributed by atoms with Gasteiger partial charge < -0.3 is 10.1 Å². The minimum atomic E-state index is -4.82. The number of hydrogen-bond acceptors (Lipinski definition) is 3. The number of benzene rings is 1. The molecule has 16 heavy (non-hydrogen) atoms. The Labute approximate surface area is 88.3 Å². The SMILES string of the molecule is NNC(=O)Nc1ccccc1OC(F)(F)F. The Hall–Kier alpha value is -1.96. The molecule has 5 nitrogen and oxygen atoms in total. The first-order valence-electron chi connectivity index (χ1n) is 4.05. The van der Waals surface area contributed by atoms with E-state index in [0.717, 1.165) is 6.07 Å². The molecule has 0 spiro atoms. The average Bonchev–Trinajstić information content (AvgIpc) is 2.18. The van der Waals surface area contributed by atoms with Crippen molar-refractivity contribution in [2.24, 2.45) is 5.84 Å². The highest BCUT2D eigenvalue weighted by atomic mass is 19.4. The number of urea groups is 1. The molecule has 1 aromatic carbocycles. The number of hydrazine groups is 1. The molecule has 1 aromatic rings. The summed E-state index contributed by atoms with van der Waals surface area (Å²) in [5, 5.41) is 2.08. The molecule has 0 atom stereocenters. The topological polar surface area (TPSA) is 76.4 Å². The normalized spacial score (nSPS) is 10.8. The van der Waals surface area contributed by atoms with E-state index >= 15 is 0 Å². The van der Waals surface area contributed by atoms with E-state index in [0.29, 0.717) is 0 Å². The van der Waals surface area contributed by atoms with Crippen LogP contribution < -0.4 is 21.3 Å². The highest BCUT2D eigenvalue weighted by Gasteiger charge is 2.32. The van der Waals surface area contributed by atoms with E-state index in [2.05, 4.69) is 10.1 Å². The molecule has 0 fully saturated rings. The van der Waals surface area contributed by atoms with Crippen LogP contribution in [0.2, 0.25) is 0 Å². The van der Waals surface area contributed by atoms with E-state index in [4.69, 9.17) is 5.84 Å². The monoisotopic (exact) mass is 235 g/mol. The molecule has 0 aliphatic heterocycles. The Bertz CT molecular complexity index is 381. The predicted octanol–water partition coefficient (Wildman–Crippen LogP) is 1.58. The van der Waals surface area contributed by atoms with Crippen molar-refractivity contribution < 1.29 is 22.7 Å². The second-order valence-corrected chi connectivity index (χ2v) is 2.64. The van der Waals surface area contributed by atoms with Crippen molar-refractivity contribution in [2.75, 3.05) is 5.32 Å². The first-order chi connectivity index (χ1) is 7.42. The highest BCUT2D eigenvalue weighted by Crippen LogP contribution is 2.29. The summed E-state index contributed by atoms with van der Waals surface area (Å²) >= 11 is 0. The first kappa shape index (κ1) is 12.1. The van der Waals surface area contributed by atoms with E-state index < -0.39 is 18.1 Å². The second-order valence-electron chi connectivity index (χ2n) is 2.64. The quantitative estimate of drug-likeness (QED) is 0.414. The molecule has 0 bridgehead atoms. The smallest absolute Gasteiger partial charge is 0.404 e. The van der Waals surface area contributed by atoms with E-state index in [9.17, 15) is 18.0 Å². The maximum Gasteiger partial charge on any atom is 0.573 e. The van der Waals surface area contributed by atoms with Crippen LogP contribution in [0.25, 0.3) is 0 Å². The van der Waals surface area contributed by atoms with Crippen LogP contribution in [-0.4, -0.2) is 12.4 Å². The van der Waals surface area contributed by atoms with Crippen molar-refractivity contribution in [1.82, 2.24) is 5.43 Å². The van der Waals surface area contributed by atoms with Crippen LogP contribution in [0, 0.1) is 0 Å². The van der Waals surface area contributed by atoms with Crippen molar-refractivity contribution in [3.63, 3.8) is 0 Å². The molecule has 0 saturated carbocycles. The maximum absolute atomic E-state index is 12.0. The van der Waals surface area contributed by atoms with Crippen LogP contribution in [0.15, 0.2) is 24.3 Å². The van der Waals surface area contributed by atoms with Crippen molar-refractivity contribution >= 4 is 11.7 Å². The van der Waals surface area contributed by atoms with Gasteiger partial charge in [-0.2, -0.15) is 0 Å². The molecule has 0 aliphatic carbocycles. The number of ether oxygens (including phenoxy) is 1. The van der Waals surface area contributed by atoms with Gasteiger partial charge >= 0.3 is 12.4 Å². The number of nitrogens with two attached hydrogens (primary N) is 1. The number of carbonyl (C=O) groups excluding carboxylic acids is 1. The van der Waals surface area contributed by atoms with Crippen molar-refractivity contribution in [3.8, 4) is 5.75 Å². The lowest BCUT2D eigenvalue weighted by Gasteiger charge is -2.13. The summed E-state index contributed by atoms with van der Waals surface area (Å²) < 4.78 is 39.6. The van der Waals surface area contributed by atoms with Gasteiger partial charge in [0.2, 0.25) is 0 Å². The molecule has 1 rings (SSSR count). The second kappa shape index (κ2) is 4.71. The maximum atomic E-state index is 12.0. The average molecular weight is 235 g/mol. The van der Waals surface area contributed by atoms with E-state index in [1.807, 2.05) is 0 Å². The van der Waals surface area contributed by atoms with Crippen molar-refractivity contribution in [3.05, 3.63) is 24.3 Å². The van der Waals surface area contributed by atoms with Crippen LogP contribution in [0.1, 0.15) is 0 Å². The zero-order valence-corrected chi connectivity index (χ0v) is 7.84. The third-order valence-electron chi connectivity index (χ3n) is 1.49. The summed E-state index contributed by atoms with van der Waals surface area (Å²) in [6, 6.07) is 4.25. The van der Waals surface area contributed by atoms with Crippen molar-refractivity contribution in [2.45, 2.75) is 6.36 Å². The van der Waals surface area contributed by atoms with Gasteiger partial charge in [-0.25, -0.2) is 10.6 Å². The first-order valence-corrected chi connectivity index (χ1v) is 4.05. The highest BCUT2D eigenvalue weighted by molar-refractivity contribution is 5.90. The summed E-state index contributed by atoms with van der Waals surface area (Å²) in [6.45, 7) is 0. The fraction of sp³-hybridized carbons (Fsp3) is 0.125. The van der Waals surface area contributed by atoms with Gasteiger partial charge in [-0.05, 0) is 12.1 Å². The number of para-hydroxylation sites is 2. The van der Waals surface area contributed by atoms with Gasteiger partial charge in [-0.1, -0.05) is 12.1 Å². The molecule has 0 heterocycles. The summed E-state index contributed by atoms with van der Waals surface area (Å²) in [7, 11) is 0. The van der Waals surface area contributed by atoms with E-state index in [-0.39, 0.29) is 5.69 Å². The fourth-order valence-electron chi connectivity index (χ4n) is 0.942. The minimum absolute atomic E-state index is 0.136. The Morgan fingerprint density at radius 2 is 1.94 bits per heavy atom. The summed E-state index contributed by atoms with van der Waals surface area (Å²) in [4.78, 5) is 10.8. The molecule has 0 unspecified atom stereocenters. The predicted molar refractivity (Wildman–Crippen MR) is 49.5 cm³/mol. The third kappa shape index (κ3) is 3.65. The largest absolute Gasteiger partial charge is 0.573 e. The zero-order chi connectivity index (χ0) is 12.2. The number of rotatable bonds is 2. The molecular formula is C8H8F3N3O2. The lowest BCUT2D eigenvalue weighted by atomic mass is 10.3. The lowest BCUT2D eigenvalue weighted by Crippen LogP contribution is -2.34. The molecule has 0 saturated heterocycles. The third-order valence-corrected chi connectivity index (χ3v) is 1.49. The van der Waals surface area contributed by atoms with Gasteiger partial charge in [0.1, 0.15) is 0 Å². The molecule has 0 aromatic heterocycles. The number of alkyl halides is 3. The molecule has 0 aliphatic rings. The molecule has 2 amide bonds. The van der Waals surface area contributed by atoms with Crippen LogP contribution >= 0.6 is 0 Å². The molecule has 0 radical (unpaired) electrons. The lowest BCUT2D eigenvalue weighted by molar-refractivity contribution is -0.274. The Kier molecular flexibility index (Phi) is 3.56. The van der Waals surface area contributed by atoms with E-state index in [1.54, 1.807) is 5.43 Å². The van der Waals surface area contributed by atoms with Crippen LogP contribution in [0.4, 0.5) is 23.7 Å². The van der Waals surface area contributed by atoms with Crippen LogP contribution in [0.3, 0.4) is 0 Å². The molecule has 88 valence electrons. The Morgan fingerprint density at radius 3 is 2.50 bits per heavy atom. The number of anilines is 1. The van der Waals surface area contributed by atoms with Gasteiger partial charge in [-0.15, -0.1) is 13.2 Å². The zero-order valence-electron chi connectivity index (χ0n) is 7.84. The molecule has 4 N–H and O–H groups in total. The number of nitrogens with one attached hydrogen (secondary N) is 2. The van der Waals surface area contributed by atoms with Crippen molar-refractivity contribution in [1.29, 1.82) is 0 Å². The van der Waals surface area contributed by atoms with Gasteiger partial charge in [0.25, 0.3) is 0 Å². The fourth-order valence-corrected chi connectivity index (χ4v) is 0.942. The minimum Gasteiger partial charge on any atom is -0.404 e. The Balaban J connectivity index is 2.87.